The SMILES string of the molecule is CC(C)(C)[Si](F)(c1cccn1Cc1ccccc1)C(C)(C)C. The Morgan fingerprint density at radius 1 is 0.864 bits per heavy atom. The Balaban J connectivity index is 2.50. The van der Waals surface area contributed by atoms with E-state index in [-0.39, 0.29) is 10.1 Å². The highest BCUT2D eigenvalue weighted by molar-refractivity contribution is 6.90. The lowest BCUT2D eigenvalue weighted by molar-refractivity contribution is 0.529. The molecule has 1 heterocycles. The summed E-state index contributed by atoms with van der Waals surface area (Å²) in [5.41, 5.74) is 1.21. The van der Waals surface area contributed by atoms with E-state index in [0.717, 1.165) is 11.9 Å². The van der Waals surface area contributed by atoms with E-state index in [1.807, 2.05) is 78.1 Å². The molecular formula is C19H28FNSi. The molecule has 2 rings (SSSR count). The third-order valence-electron chi connectivity index (χ3n) is 4.45. The molecular weight excluding hydrogens is 289 g/mol. The van der Waals surface area contributed by atoms with Gasteiger partial charge in [-0.25, -0.2) is 0 Å². The van der Waals surface area contributed by atoms with Crippen molar-refractivity contribution in [3.8, 4) is 0 Å². The van der Waals surface area contributed by atoms with Crippen LogP contribution in [0.1, 0.15) is 47.1 Å². The minimum absolute atomic E-state index is 0.349. The summed E-state index contributed by atoms with van der Waals surface area (Å²) < 4.78 is 18.6. The summed E-state index contributed by atoms with van der Waals surface area (Å²) >= 11 is 0. The maximum absolute atomic E-state index is 16.5. The van der Waals surface area contributed by atoms with Crippen LogP contribution in [-0.2, 0) is 6.54 Å². The van der Waals surface area contributed by atoms with Gasteiger partial charge in [0, 0.05) is 18.1 Å². The first kappa shape index (κ1) is 17.0. The molecule has 0 N–H and O–H groups in total. The van der Waals surface area contributed by atoms with Gasteiger partial charge in [0.05, 0.1) is 0 Å². The van der Waals surface area contributed by atoms with Crippen molar-refractivity contribution in [1.29, 1.82) is 0 Å². The van der Waals surface area contributed by atoms with Crippen LogP contribution in [0.3, 0.4) is 0 Å². The molecule has 0 saturated heterocycles. The lowest BCUT2D eigenvalue weighted by Crippen LogP contribution is -2.60. The monoisotopic (exact) mass is 317 g/mol. The second-order valence-corrected chi connectivity index (χ2v) is 13.0. The van der Waals surface area contributed by atoms with Crippen molar-refractivity contribution in [3.05, 3.63) is 54.2 Å². The van der Waals surface area contributed by atoms with Gasteiger partial charge in [0.1, 0.15) is 0 Å². The molecule has 0 aliphatic rings. The third-order valence-corrected chi connectivity index (χ3v) is 9.74. The largest absolute Gasteiger partial charge is 0.348 e. The molecule has 0 bridgehead atoms. The van der Waals surface area contributed by atoms with E-state index in [1.54, 1.807) is 0 Å². The first-order valence-corrected chi connectivity index (χ1v) is 9.83. The third kappa shape index (κ3) is 2.91. The Labute approximate surface area is 135 Å². The summed E-state index contributed by atoms with van der Waals surface area (Å²) in [7, 11) is -3.21. The fraction of sp³-hybridized carbons (Fsp3) is 0.474. The molecule has 0 unspecified atom stereocenters. The Morgan fingerprint density at radius 2 is 1.41 bits per heavy atom. The van der Waals surface area contributed by atoms with E-state index in [2.05, 4.69) is 16.7 Å². The highest BCUT2D eigenvalue weighted by Crippen LogP contribution is 2.51. The molecule has 0 radical (unpaired) electrons. The van der Waals surface area contributed by atoms with Gasteiger partial charge >= 0.3 is 8.41 Å². The first-order valence-electron chi connectivity index (χ1n) is 7.96. The fourth-order valence-corrected chi connectivity index (χ4v) is 8.20. The summed E-state index contributed by atoms with van der Waals surface area (Å²) in [4.78, 5) is 0. The Morgan fingerprint density at radius 3 is 1.91 bits per heavy atom. The van der Waals surface area contributed by atoms with Crippen LogP contribution in [0.2, 0.25) is 10.1 Å². The lowest BCUT2D eigenvalue weighted by atomic mass is 10.2. The van der Waals surface area contributed by atoms with E-state index in [9.17, 15) is 0 Å². The zero-order valence-corrected chi connectivity index (χ0v) is 15.7. The van der Waals surface area contributed by atoms with Gasteiger partial charge in [-0.3, -0.25) is 0 Å². The van der Waals surface area contributed by atoms with Crippen LogP contribution in [0, 0.1) is 0 Å². The number of halogens is 1. The number of hydrogen-bond acceptors (Lipinski definition) is 0. The van der Waals surface area contributed by atoms with Crippen molar-refractivity contribution in [1.82, 2.24) is 4.57 Å². The molecule has 1 nitrogen and oxygen atoms in total. The maximum atomic E-state index is 16.5. The molecule has 0 fully saturated rings. The first-order chi connectivity index (χ1) is 10.1. The number of hydrogen-bond donors (Lipinski definition) is 0. The van der Waals surface area contributed by atoms with Gasteiger partial charge in [-0.05, 0) is 27.8 Å². The van der Waals surface area contributed by atoms with Gasteiger partial charge in [0.2, 0.25) is 0 Å². The van der Waals surface area contributed by atoms with Crippen molar-refractivity contribution >= 4 is 13.7 Å². The summed E-state index contributed by atoms with van der Waals surface area (Å²) in [5, 5.41) is 0.201. The minimum Gasteiger partial charge on any atom is -0.348 e. The lowest BCUT2D eigenvalue weighted by Gasteiger charge is -2.45. The number of benzene rings is 1. The fourth-order valence-electron chi connectivity index (χ4n) is 3.54. The van der Waals surface area contributed by atoms with E-state index in [1.165, 1.54) is 5.56 Å². The molecule has 22 heavy (non-hydrogen) atoms. The predicted molar refractivity (Wildman–Crippen MR) is 95.9 cm³/mol. The Hall–Kier alpha value is -1.35. The van der Waals surface area contributed by atoms with Gasteiger partial charge < -0.3 is 8.67 Å². The summed E-state index contributed by atoms with van der Waals surface area (Å²) in [6, 6.07) is 14.2. The van der Waals surface area contributed by atoms with E-state index in [0.29, 0.717) is 0 Å². The summed E-state index contributed by atoms with van der Waals surface area (Å²) in [6.07, 6.45) is 2.02. The second-order valence-electron chi connectivity index (χ2n) is 8.17. The number of rotatable bonds is 3. The zero-order valence-electron chi connectivity index (χ0n) is 14.7. The standard InChI is InChI=1S/C19H28FNSi/c1-18(2,3)22(20,19(4,5)6)17-13-10-14-21(17)15-16-11-8-7-9-12-16/h7-14H,15H2,1-6H3. The minimum atomic E-state index is -3.21. The molecule has 0 aliphatic heterocycles. The normalized spacial score (nSPS) is 13.4. The molecule has 0 spiro atoms. The van der Waals surface area contributed by atoms with Crippen molar-refractivity contribution < 1.29 is 4.11 Å². The van der Waals surface area contributed by atoms with Crippen molar-refractivity contribution in [2.45, 2.75) is 58.2 Å². The summed E-state index contributed by atoms with van der Waals surface area (Å²) in [5.74, 6) is 0. The molecule has 2 aromatic rings. The van der Waals surface area contributed by atoms with Gasteiger partial charge in [0.15, 0.2) is 0 Å². The van der Waals surface area contributed by atoms with Gasteiger partial charge in [0.25, 0.3) is 0 Å². The second kappa shape index (κ2) is 5.69. The molecule has 0 saturated carbocycles. The van der Waals surface area contributed by atoms with Gasteiger partial charge in [-0.2, -0.15) is 0 Å². The highest BCUT2D eigenvalue weighted by Gasteiger charge is 2.58. The van der Waals surface area contributed by atoms with Crippen molar-refractivity contribution in [2.75, 3.05) is 0 Å². The van der Waals surface area contributed by atoms with Crippen LogP contribution < -0.4 is 5.32 Å². The number of nitrogens with zero attached hydrogens (tertiary/aromatic N) is 1. The predicted octanol–water partition coefficient (Wildman–Crippen LogP) is 5.26. The van der Waals surface area contributed by atoms with Crippen LogP contribution >= 0.6 is 0 Å². The van der Waals surface area contributed by atoms with Crippen LogP contribution in [0.15, 0.2) is 48.7 Å². The summed E-state index contributed by atoms with van der Waals surface area (Å²) in [6.45, 7) is 13.0. The highest BCUT2D eigenvalue weighted by atomic mass is 28.4. The van der Waals surface area contributed by atoms with E-state index in [4.69, 9.17) is 0 Å². The quantitative estimate of drug-likeness (QED) is 0.537. The zero-order chi connectivity index (χ0) is 16.6. The molecule has 1 aromatic carbocycles. The smallest absolute Gasteiger partial charge is 0.304 e. The van der Waals surface area contributed by atoms with Gasteiger partial charge in [-0.15, -0.1) is 0 Å². The Bertz CT molecular complexity index is 603. The van der Waals surface area contributed by atoms with Crippen LogP contribution in [0.4, 0.5) is 4.11 Å². The van der Waals surface area contributed by atoms with Crippen molar-refractivity contribution in [3.63, 3.8) is 0 Å². The molecule has 3 heteroatoms. The molecule has 0 aliphatic carbocycles. The number of aromatic nitrogens is 1. The Kier molecular flexibility index (Phi) is 4.40. The molecule has 1 aromatic heterocycles. The maximum Gasteiger partial charge on any atom is 0.304 e. The molecule has 0 atom stereocenters. The van der Waals surface area contributed by atoms with Gasteiger partial charge in [-0.1, -0.05) is 71.9 Å². The average Bonchev–Trinajstić information content (AvgIpc) is 2.84. The van der Waals surface area contributed by atoms with Crippen LogP contribution in [0.25, 0.3) is 0 Å². The average molecular weight is 318 g/mol. The van der Waals surface area contributed by atoms with E-state index < -0.39 is 8.41 Å². The van der Waals surface area contributed by atoms with E-state index >= 15 is 4.11 Å². The molecule has 120 valence electrons. The van der Waals surface area contributed by atoms with Crippen LogP contribution in [-0.4, -0.2) is 13.0 Å². The topological polar surface area (TPSA) is 4.93 Å². The van der Waals surface area contributed by atoms with Crippen molar-refractivity contribution in [2.24, 2.45) is 0 Å². The molecule has 0 amide bonds. The van der Waals surface area contributed by atoms with Crippen LogP contribution in [0.5, 0.6) is 0 Å².